The highest BCUT2D eigenvalue weighted by molar-refractivity contribution is 4.83. The van der Waals surface area contributed by atoms with Crippen LogP contribution < -0.4 is 0 Å². The Labute approximate surface area is 97.5 Å². The number of aliphatic hydroxyl groups is 1. The molecule has 1 heterocycles. The molecule has 2 rings (SSSR count). The smallest absolute Gasteiger partial charge is 0.0628 e. The Balaban J connectivity index is 1.59. The fourth-order valence-corrected chi connectivity index (χ4v) is 2.50. The summed E-state index contributed by atoms with van der Waals surface area (Å²) in [4.78, 5) is 2.30. The molecule has 0 unspecified atom stereocenters. The predicted octanol–water partition coefficient (Wildman–Crippen LogP) is 0.637. The Kier molecular flexibility index (Phi) is 4.58. The van der Waals surface area contributed by atoms with Gasteiger partial charge in [-0.05, 0) is 25.7 Å². The van der Waals surface area contributed by atoms with Crippen LogP contribution in [-0.2, 0) is 9.47 Å². The fourth-order valence-electron chi connectivity index (χ4n) is 2.50. The summed E-state index contributed by atoms with van der Waals surface area (Å²) in [6.07, 6.45) is 5.62. The molecule has 1 saturated heterocycles. The first-order valence-corrected chi connectivity index (χ1v) is 6.33. The highest BCUT2D eigenvalue weighted by atomic mass is 16.5. The SMILES string of the molecule is CO[C@H]1C[C@H](OC2CCN(CCO)CC2)C1. The third-order valence-electron chi connectivity index (χ3n) is 3.72. The van der Waals surface area contributed by atoms with E-state index in [9.17, 15) is 0 Å². The number of rotatable bonds is 5. The van der Waals surface area contributed by atoms with Gasteiger partial charge < -0.3 is 19.5 Å². The largest absolute Gasteiger partial charge is 0.395 e. The zero-order chi connectivity index (χ0) is 11.4. The Morgan fingerprint density at radius 2 is 1.81 bits per heavy atom. The Bertz CT molecular complexity index is 198. The van der Waals surface area contributed by atoms with Crippen molar-refractivity contribution in [3.05, 3.63) is 0 Å². The van der Waals surface area contributed by atoms with Gasteiger partial charge >= 0.3 is 0 Å². The second kappa shape index (κ2) is 5.96. The normalized spacial score (nSPS) is 32.6. The average molecular weight is 229 g/mol. The highest BCUT2D eigenvalue weighted by Gasteiger charge is 2.32. The number of methoxy groups -OCH3 is 1. The average Bonchev–Trinajstić information content (AvgIpc) is 2.25. The van der Waals surface area contributed by atoms with Crippen LogP contribution >= 0.6 is 0 Å². The van der Waals surface area contributed by atoms with Crippen molar-refractivity contribution in [2.24, 2.45) is 0 Å². The van der Waals surface area contributed by atoms with E-state index in [0.29, 0.717) is 18.3 Å². The minimum atomic E-state index is 0.268. The molecular formula is C12H23NO3. The molecule has 0 atom stereocenters. The molecule has 4 heteroatoms. The molecule has 0 bridgehead atoms. The summed E-state index contributed by atoms with van der Waals surface area (Å²) in [5.74, 6) is 0. The van der Waals surface area contributed by atoms with Gasteiger partial charge in [-0.15, -0.1) is 0 Å². The summed E-state index contributed by atoms with van der Waals surface area (Å²) in [7, 11) is 1.77. The van der Waals surface area contributed by atoms with E-state index < -0.39 is 0 Å². The van der Waals surface area contributed by atoms with Crippen LogP contribution in [-0.4, -0.2) is 61.7 Å². The second-order valence-corrected chi connectivity index (χ2v) is 4.85. The summed E-state index contributed by atoms with van der Waals surface area (Å²) < 4.78 is 11.3. The molecule has 16 heavy (non-hydrogen) atoms. The number of aliphatic hydroxyl groups excluding tert-OH is 1. The van der Waals surface area contributed by atoms with Crippen molar-refractivity contribution in [2.75, 3.05) is 33.4 Å². The number of β-amino-alcohol motifs (C(OH)–C–C–N with tert-alkyl or cyclic N) is 1. The van der Waals surface area contributed by atoms with Crippen LogP contribution in [0, 0.1) is 0 Å². The van der Waals surface area contributed by atoms with E-state index >= 15 is 0 Å². The monoisotopic (exact) mass is 229 g/mol. The van der Waals surface area contributed by atoms with Gasteiger partial charge in [-0.25, -0.2) is 0 Å². The Hall–Kier alpha value is -0.160. The van der Waals surface area contributed by atoms with Gasteiger partial charge in [-0.2, -0.15) is 0 Å². The molecule has 2 fully saturated rings. The first kappa shape index (κ1) is 12.3. The van der Waals surface area contributed by atoms with Gasteiger partial charge in [0.25, 0.3) is 0 Å². The molecule has 1 saturated carbocycles. The minimum Gasteiger partial charge on any atom is -0.395 e. The molecular weight excluding hydrogens is 206 g/mol. The van der Waals surface area contributed by atoms with Gasteiger partial charge in [0.15, 0.2) is 0 Å². The van der Waals surface area contributed by atoms with Gasteiger partial charge in [0.2, 0.25) is 0 Å². The number of likely N-dealkylation sites (tertiary alicyclic amines) is 1. The number of piperidine rings is 1. The Morgan fingerprint density at radius 3 is 2.38 bits per heavy atom. The molecule has 1 aliphatic carbocycles. The maximum Gasteiger partial charge on any atom is 0.0628 e. The van der Waals surface area contributed by atoms with Gasteiger partial charge in [0, 0.05) is 26.7 Å². The van der Waals surface area contributed by atoms with E-state index in [4.69, 9.17) is 14.6 Å². The molecule has 0 aromatic carbocycles. The lowest BCUT2D eigenvalue weighted by molar-refractivity contribution is -0.126. The van der Waals surface area contributed by atoms with Crippen molar-refractivity contribution in [1.82, 2.24) is 4.90 Å². The van der Waals surface area contributed by atoms with E-state index in [-0.39, 0.29) is 6.61 Å². The molecule has 0 aromatic heterocycles. The van der Waals surface area contributed by atoms with Crippen LogP contribution in [0.15, 0.2) is 0 Å². The molecule has 2 aliphatic rings. The summed E-state index contributed by atoms with van der Waals surface area (Å²) in [6, 6.07) is 0. The molecule has 4 nitrogen and oxygen atoms in total. The molecule has 0 amide bonds. The van der Waals surface area contributed by atoms with E-state index in [1.807, 2.05) is 0 Å². The molecule has 1 N–H and O–H groups in total. The van der Waals surface area contributed by atoms with Crippen LogP contribution in [0.1, 0.15) is 25.7 Å². The van der Waals surface area contributed by atoms with Crippen molar-refractivity contribution >= 4 is 0 Å². The second-order valence-electron chi connectivity index (χ2n) is 4.85. The van der Waals surface area contributed by atoms with Crippen LogP contribution in [0.3, 0.4) is 0 Å². The van der Waals surface area contributed by atoms with Crippen LogP contribution in [0.25, 0.3) is 0 Å². The lowest BCUT2D eigenvalue weighted by Crippen LogP contribution is -2.43. The summed E-state index contributed by atoms with van der Waals surface area (Å²) >= 11 is 0. The van der Waals surface area contributed by atoms with Crippen LogP contribution in [0.5, 0.6) is 0 Å². The van der Waals surface area contributed by atoms with Crippen molar-refractivity contribution in [3.63, 3.8) is 0 Å². The van der Waals surface area contributed by atoms with Crippen LogP contribution in [0.4, 0.5) is 0 Å². The summed E-state index contributed by atoms with van der Waals surface area (Å²) in [5.41, 5.74) is 0. The van der Waals surface area contributed by atoms with Gasteiger partial charge in [-0.3, -0.25) is 0 Å². The van der Waals surface area contributed by atoms with E-state index in [0.717, 1.165) is 45.3 Å². The molecule has 0 aromatic rings. The lowest BCUT2D eigenvalue weighted by Gasteiger charge is -2.39. The molecule has 94 valence electrons. The molecule has 1 aliphatic heterocycles. The standard InChI is InChI=1S/C12H23NO3/c1-15-11-8-12(9-11)16-10-2-4-13(5-3-10)6-7-14/h10-12,14H,2-9H2,1H3/t11-,12-. The van der Waals surface area contributed by atoms with Gasteiger partial charge in [0.05, 0.1) is 24.9 Å². The number of hydrogen-bond acceptors (Lipinski definition) is 4. The third-order valence-corrected chi connectivity index (χ3v) is 3.72. The zero-order valence-corrected chi connectivity index (χ0v) is 10.1. The van der Waals surface area contributed by atoms with Crippen molar-refractivity contribution in [2.45, 2.75) is 44.0 Å². The molecule has 0 spiro atoms. The first-order valence-electron chi connectivity index (χ1n) is 6.33. The van der Waals surface area contributed by atoms with Crippen LogP contribution in [0.2, 0.25) is 0 Å². The van der Waals surface area contributed by atoms with Gasteiger partial charge in [-0.1, -0.05) is 0 Å². The van der Waals surface area contributed by atoms with Crippen molar-refractivity contribution in [1.29, 1.82) is 0 Å². The minimum absolute atomic E-state index is 0.268. The first-order chi connectivity index (χ1) is 7.81. The Morgan fingerprint density at radius 1 is 1.12 bits per heavy atom. The van der Waals surface area contributed by atoms with Crippen molar-refractivity contribution in [3.8, 4) is 0 Å². The lowest BCUT2D eigenvalue weighted by atomic mass is 9.91. The van der Waals surface area contributed by atoms with E-state index in [1.165, 1.54) is 0 Å². The van der Waals surface area contributed by atoms with Gasteiger partial charge in [0.1, 0.15) is 0 Å². The van der Waals surface area contributed by atoms with E-state index in [1.54, 1.807) is 7.11 Å². The quantitative estimate of drug-likeness (QED) is 0.751. The summed E-state index contributed by atoms with van der Waals surface area (Å²) in [5, 5.41) is 8.85. The maximum absolute atomic E-state index is 8.85. The topological polar surface area (TPSA) is 41.9 Å². The predicted molar refractivity (Wildman–Crippen MR) is 61.5 cm³/mol. The highest BCUT2D eigenvalue weighted by Crippen LogP contribution is 2.28. The number of nitrogens with zero attached hydrogens (tertiary/aromatic N) is 1. The molecule has 0 radical (unpaired) electrons. The third kappa shape index (κ3) is 3.17. The van der Waals surface area contributed by atoms with E-state index in [2.05, 4.69) is 4.90 Å². The number of ether oxygens (including phenoxy) is 2. The summed E-state index contributed by atoms with van der Waals surface area (Å²) in [6.45, 7) is 3.20. The number of hydrogen-bond donors (Lipinski definition) is 1. The zero-order valence-electron chi connectivity index (χ0n) is 10.1. The maximum atomic E-state index is 8.85. The fraction of sp³-hybridized carbons (Fsp3) is 1.00. The van der Waals surface area contributed by atoms with Crippen molar-refractivity contribution < 1.29 is 14.6 Å².